The van der Waals surface area contributed by atoms with Gasteiger partial charge in [-0.3, -0.25) is 0 Å². The molecule has 10 aromatic carbocycles. The third kappa shape index (κ3) is 6.50. The summed E-state index contributed by atoms with van der Waals surface area (Å²) in [6.07, 6.45) is 0. The van der Waals surface area contributed by atoms with Crippen LogP contribution in [-0.4, -0.2) is 0 Å². The van der Waals surface area contributed by atoms with E-state index in [1.807, 2.05) is 0 Å². The summed E-state index contributed by atoms with van der Waals surface area (Å²) in [6, 6.07) is -46.9. The molecular weight excluding hydrogens is 747 g/mol. The Morgan fingerprint density at radius 3 is 1.15 bits per heavy atom. The zero-order valence-corrected chi connectivity index (χ0v) is 30.6. The summed E-state index contributed by atoms with van der Waals surface area (Å²) in [5, 5.41) is -3.70. The molecule has 3 nitrogen and oxygen atoms in total. The van der Waals surface area contributed by atoms with Gasteiger partial charge in [0.2, 0.25) is 0 Å². The van der Waals surface area contributed by atoms with Gasteiger partial charge in [0.1, 0.15) is 0 Å². The Bertz CT molecular complexity index is 5410. The summed E-state index contributed by atoms with van der Waals surface area (Å²) in [4.78, 5) is 0.496. The van der Waals surface area contributed by atoms with Crippen LogP contribution in [0.15, 0.2) is 236 Å². The Morgan fingerprint density at radius 1 is 0.250 bits per heavy atom. The lowest BCUT2D eigenvalue weighted by molar-refractivity contribution is 1.24. The lowest BCUT2D eigenvalue weighted by atomic mass is 9.99. The van der Waals surface area contributed by atoms with Gasteiger partial charge in [-0.05, 0) is 136 Å². The summed E-state index contributed by atoms with van der Waals surface area (Å²) in [7, 11) is 0. The van der Waals surface area contributed by atoms with Crippen molar-refractivity contribution in [3.8, 4) is 0 Å². The first-order chi connectivity index (χ1) is 46.0. The van der Waals surface area contributed by atoms with E-state index in [1.54, 1.807) is 0 Å². The number of anilines is 9. The molecule has 1 heterocycles. The van der Waals surface area contributed by atoms with Crippen LogP contribution >= 0.6 is 11.3 Å². The maximum Gasteiger partial charge on any atom is 0.0667 e. The maximum atomic E-state index is 10.4. The molecule has 0 atom stereocenters. The molecule has 0 radical (unpaired) electrons. The smallest absolute Gasteiger partial charge is 0.0667 e. The Balaban J connectivity index is 1.38. The number of nitrogens with zero attached hydrogens (tertiary/aromatic N) is 3. The van der Waals surface area contributed by atoms with Crippen LogP contribution in [0.1, 0.15) is 53.5 Å². The fourth-order valence-corrected chi connectivity index (χ4v) is 7.08. The Morgan fingerprint density at radius 2 is 0.633 bits per heavy atom. The predicted octanol–water partition coefficient (Wildman–Crippen LogP) is 16.8. The van der Waals surface area contributed by atoms with E-state index in [1.165, 1.54) is 0 Å². The summed E-state index contributed by atoms with van der Waals surface area (Å²) in [5.74, 6) is 0. The number of fused-ring (bicyclic) bond motifs is 6. The van der Waals surface area contributed by atoms with Gasteiger partial charge in [0.05, 0.1) is 53.5 Å². The van der Waals surface area contributed by atoms with E-state index in [4.69, 9.17) is 27.4 Å². The first-order valence-electron chi connectivity index (χ1n) is 36.7. The van der Waals surface area contributed by atoms with Crippen molar-refractivity contribution < 1.29 is 53.5 Å². The van der Waals surface area contributed by atoms with Crippen LogP contribution in [0.5, 0.6) is 0 Å². The van der Waals surface area contributed by atoms with Crippen molar-refractivity contribution in [2.45, 2.75) is 0 Å². The van der Waals surface area contributed by atoms with Crippen LogP contribution in [-0.2, 0) is 0 Å². The summed E-state index contributed by atoms with van der Waals surface area (Å²) < 4.78 is 358. The molecule has 0 amide bonds. The van der Waals surface area contributed by atoms with Crippen LogP contribution < -0.4 is 14.7 Å². The predicted molar refractivity (Wildman–Crippen MR) is 258 cm³/mol. The largest absolute Gasteiger partial charge is 0.310 e. The van der Waals surface area contributed by atoms with Gasteiger partial charge in [0.15, 0.2) is 0 Å². The lowest BCUT2D eigenvalue weighted by Gasteiger charge is -2.31. The highest BCUT2D eigenvalue weighted by atomic mass is 32.1. The fraction of sp³-hybridized carbons (Fsp3) is 0. The van der Waals surface area contributed by atoms with E-state index in [9.17, 15) is 26.0 Å². The molecule has 0 bridgehead atoms. The molecule has 0 aliphatic heterocycles. The van der Waals surface area contributed by atoms with Gasteiger partial charge in [-0.1, -0.05) is 121 Å². The van der Waals surface area contributed by atoms with E-state index >= 15 is 0 Å². The van der Waals surface area contributed by atoms with Gasteiger partial charge in [0.25, 0.3) is 0 Å². The molecule has 1 aromatic heterocycles. The van der Waals surface area contributed by atoms with Crippen molar-refractivity contribution in [1.29, 1.82) is 0 Å². The number of rotatable bonds is 9. The Labute approximate surface area is 408 Å². The normalized spacial score (nSPS) is 20.4. The first kappa shape index (κ1) is 13.4. The van der Waals surface area contributed by atoms with Crippen molar-refractivity contribution in [3.63, 3.8) is 0 Å². The molecule has 284 valence electrons. The third-order valence-corrected chi connectivity index (χ3v) is 9.61. The van der Waals surface area contributed by atoms with Crippen molar-refractivity contribution in [3.05, 3.63) is 236 Å². The van der Waals surface area contributed by atoms with Gasteiger partial charge >= 0.3 is 0 Å². The van der Waals surface area contributed by atoms with Crippen LogP contribution in [0, 0.1) is 0 Å². The molecule has 0 spiro atoms. The van der Waals surface area contributed by atoms with Gasteiger partial charge in [-0.15, -0.1) is 11.3 Å². The molecule has 60 heavy (non-hydrogen) atoms. The number of para-hydroxylation sites is 4. The van der Waals surface area contributed by atoms with Gasteiger partial charge in [0, 0.05) is 71.4 Å². The topological polar surface area (TPSA) is 9.72 Å². The average molecular weight is 825 g/mol. The van der Waals surface area contributed by atoms with E-state index in [-0.39, 0.29) is 34.9 Å². The summed E-state index contributed by atoms with van der Waals surface area (Å²) in [5.41, 5.74) is -12.1. The van der Waals surface area contributed by atoms with Crippen LogP contribution in [0.3, 0.4) is 0 Å². The molecule has 4 heteroatoms. The minimum Gasteiger partial charge on any atom is -0.310 e. The average Bonchev–Trinajstić information content (AvgIpc) is 1.68. The highest BCUT2D eigenvalue weighted by molar-refractivity contribution is 7.25. The van der Waals surface area contributed by atoms with Crippen molar-refractivity contribution in [1.82, 2.24) is 0 Å². The van der Waals surface area contributed by atoms with Crippen molar-refractivity contribution in [2.24, 2.45) is 0 Å². The van der Waals surface area contributed by atoms with Gasteiger partial charge in [-0.2, -0.15) is 0 Å². The Hall–Kier alpha value is -7.66. The number of thiophene rings is 1. The fourth-order valence-electron chi connectivity index (χ4n) is 6.11. The molecule has 0 saturated carbocycles. The molecule has 0 fully saturated rings. The van der Waals surface area contributed by atoms with Crippen LogP contribution in [0.2, 0.25) is 0 Å². The van der Waals surface area contributed by atoms with Crippen LogP contribution in [0.4, 0.5) is 51.2 Å². The highest BCUT2D eigenvalue weighted by Crippen LogP contribution is 2.44. The summed E-state index contributed by atoms with van der Waals surface area (Å²) in [6.45, 7) is 0. The van der Waals surface area contributed by atoms with Crippen molar-refractivity contribution in [2.75, 3.05) is 14.7 Å². The second-order valence-corrected chi connectivity index (χ2v) is 13.0. The first-order valence-corrected chi connectivity index (χ1v) is 18.0. The second kappa shape index (κ2) is 15.3. The molecule has 0 saturated heterocycles. The molecule has 0 N–H and O–H groups in total. The van der Waals surface area contributed by atoms with E-state index in [2.05, 4.69) is 0 Å². The number of hydrogen-bond acceptors (Lipinski definition) is 4. The molecule has 11 rings (SSSR count). The van der Waals surface area contributed by atoms with Gasteiger partial charge in [-0.25, -0.2) is 0 Å². The third-order valence-electron chi connectivity index (χ3n) is 8.59. The monoisotopic (exact) mass is 825 g/mol. The minimum atomic E-state index is -1.62. The standard InChI is InChI=1S/C56H39N3S/c1-5-17-42(18-6-1)57(43-19-7-2-8-20-43)46-25-15-26-47(36-46)58(44-21-9-3-10-22-44)48-27-16-28-49(37-48)59(45-23-11-4-12-24-45)50-34-33-40-31-32-41-35-56-54(39-53(41)52(40)38-50)51-29-13-14-30-55(51)60-56/h1-39H/i1D,2D,3D,4D,5D,6D,7D,8D,9D,10D,11D,12D,13D,14D,15D,16D,17D,18D,19D,20D,21D,22D,23D,24D,25D,26D,27D,28D,29D,30D,31D,32D,33D,34D,35D,36D,37D,38D,39D. The SMILES string of the molecule is [2H]c1c([2H])c([2H])c(N(c2c([2H])c([2H])c([2H])c([2H])c2[2H])c2c([2H])c([2H])c([2H])c(N(c3c([2H])c([2H])c([2H])c([2H])c3[2H])c3c([2H])c([2H])c([2H])c(N(c4c([2H])c([2H])c([2H])c([2H])c4[2H])c4c([2H])c([2H])c5c([2H])c([2H])c6c([2H])c7sc8c([2H])c([2H])c([2H])c([2H])c8c7c([2H])c6c5c4[2H])c3[2H])c2[2H])c([2H])c1[2H]. The number of hydrogen-bond donors (Lipinski definition) is 0. The second-order valence-electron chi connectivity index (χ2n) is 12.0. The zero-order chi connectivity index (χ0) is 73.8. The number of benzene rings is 10. The molecular formula is C56H39N3S. The van der Waals surface area contributed by atoms with E-state index in [0.29, 0.717) is 11.3 Å². The molecule has 0 aliphatic carbocycles. The lowest BCUT2D eigenvalue weighted by Crippen LogP contribution is -2.14. The Kier molecular flexibility index (Phi) is 3.42. The maximum absolute atomic E-state index is 10.4. The summed E-state index contributed by atoms with van der Waals surface area (Å²) >= 11 is 0.613. The molecule has 0 unspecified atom stereocenters. The van der Waals surface area contributed by atoms with E-state index < -0.39 is 308 Å². The highest BCUT2D eigenvalue weighted by Gasteiger charge is 2.20. The van der Waals surface area contributed by atoms with Gasteiger partial charge < -0.3 is 14.7 Å². The quantitative estimate of drug-likeness (QED) is 0.134. The molecule has 0 aliphatic rings. The van der Waals surface area contributed by atoms with Crippen LogP contribution in [0.25, 0.3) is 41.7 Å². The zero-order valence-electron chi connectivity index (χ0n) is 68.7. The molecule has 11 aromatic rings. The van der Waals surface area contributed by atoms with E-state index in [0.717, 1.165) is 0 Å². The minimum absolute atomic E-state index is 0.0994. The van der Waals surface area contributed by atoms with Crippen molar-refractivity contribution >= 4 is 104 Å².